The van der Waals surface area contributed by atoms with E-state index in [4.69, 9.17) is 0 Å². The van der Waals surface area contributed by atoms with Crippen molar-refractivity contribution in [3.05, 3.63) is 0 Å². The van der Waals surface area contributed by atoms with Gasteiger partial charge in [0.2, 0.25) is 0 Å². The average molecular weight is 702 g/mol. The molecule has 3 heteroatoms. The van der Waals surface area contributed by atoms with E-state index in [-0.39, 0.29) is 15.8 Å². The van der Waals surface area contributed by atoms with E-state index >= 15 is 0 Å². The van der Waals surface area contributed by atoms with E-state index in [0.29, 0.717) is 0 Å². The van der Waals surface area contributed by atoms with Gasteiger partial charge in [-0.15, -0.1) is 0 Å². The maximum absolute atomic E-state index is 3.15. The van der Waals surface area contributed by atoms with E-state index < -0.39 is 0 Å². The van der Waals surface area contributed by atoms with Crippen LogP contribution in [0.2, 0.25) is 0 Å². The summed E-state index contributed by atoms with van der Waals surface area (Å²) in [5.74, 6) is 13.6. The van der Waals surface area contributed by atoms with Crippen molar-refractivity contribution in [2.75, 3.05) is 32.0 Å². The third-order valence-corrected chi connectivity index (χ3v) is 28.1. The van der Waals surface area contributed by atoms with Crippen molar-refractivity contribution in [1.29, 1.82) is 0 Å². The van der Waals surface area contributed by atoms with E-state index in [1.807, 2.05) is 0 Å². The second-order valence-electron chi connectivity index (χ2n) is 23.3. The van der Waals surface area contributed by atoms with Crippen molar-refractivity contribution in [2.24, 2.45) is 71.0 Å². The Morgan fingerprint density at radius 3 is 0.694 bits per heavy atom. The van der Waals surface area contributed by atoms with Gasteiger partial charge in [-0.1, -0.05) is 22.8 Å². The Kier molecular flexibility index (Phi) is 7.49. The molecule has 0 spiro atoms. The molecule has 0 unspecified atom stereocenters. The van der Waals surface area contributed by atoms with Gasteiger partial charge in [-0.05, 0) is 265 Å². The summed E-state index contributed by atoms with van der Waals surface area (Å²) in [6.45, 7) is 6.93. The average Bonchev–Trinajstić information content (AvgIpc) is 3.01. The normalized spacial score (nSPS) is 57.9. The van der Waals surface area contributed by atoms with Crippen LogP contribution in [0.5, 0.6) is 0 Å². The highest BCUT2D eigenvalue weighted by molar-refractivity contribution is 7.61. The Morgan fingerprint density at radius 1 is 0.347 bits per heavy atom. The Hall–Kier alpha value is 0.820. The van der Waals surface area contributed by atoms with Crippen molar-refractivity contribution in [3.63, 3.8) is 0 Å². The molecule has 16 aliphatic carbocycles. The van der Waals surface area contributed by atoms with Gasteiger partial charge >= 0.3 is 0 Å². The fraction of sp³-hybridized carbons (Fsp3) is 1.00. The van der Waals surface area contributed by atoms with Crippen LogP contribution in [0.4, 0.5) is 0 Å². The predicted octanol–water partition coefficient (Wildman–Crippen LogP) is 12.1. The molecule has 16 rings (SSSR count). The Morgan fingerprint density at radius 2 is 0.531 bits per heavy atom. The summed E-state index contributed by atoms with van der Waals surface area (Å²) in [4.78, 5) is 3.15. The van der Waals surface area contributed by atoms with Gasteiger partial charge < -0.3 is 4.90 Å². The lowest BCUT2D eigenvalue weighted by Gasteiger charge is -2.68. The van der Waals surface area contributed by atoms with Crippen LogP contribution in [-0.4, -0.2) is 57.5 Å². The first-order valence-corrected chi connectivity index (χ1v) is 26.2. The first-order chi connectivity index (χ1) is 23.8. The lowest BCUT2D eigenvalue weighted by Crippen LogP contribution is -2.57. The van der Waals surface area contributed by atoms with Crippen molar-refractivity contribution in [3.8, 4) is 0 Å². The molecule has 0 N–H and O–H groups in total. The zero-order valence-electron chi connectivity index (χ0n) is 31.8. The van der Waals surface area contributed by atoms with Gasteiger partial charge in [0.15, 0.2) is 0 Å². The highest BCUT2D eigenvalue weighted by atomic mass is 31.1. The van der Waals surface area contributed by atoms with E-state index in [9.17, 15) is 0 Å². The minimum absolute atomic E-state index is 0.146. The molecule has 0 atom stereocenters. The zero-order valence-corrected chi connectivity index (χ0v) is 33.6. The van der Waals surface area contributed by atoms with Gasteiger partial charge in [0, 0.05) is 13.1 Å². The van der Waals surface area contributed by atoms with E-state index in [1.165, 1.54) is 19.6 Å². The monoisotopic (exact) mass is 702 g/mol. The molecular formula is C46H73NP2. The van der Waals surface area contributed by atoms with Gasteiger partial charge in [0.05, 0.1) is 0 Å². The molecule has 1 nitrogen and oxygen atoms in total. The van der Waals surface area contributed by atoms with Crippen LogP contribution in [0, 0.1) is 71.0 Å². The van der Waals surface area contributed by atoms with Crippen LogP contribution in [0.1, 0.15) is 161 Å². The molecule has 16 saturated carbocycles. The zero-order chi connectivity index (χ0) is 32.2. The molecule has 16 bridgehead atoms. The highest BCUT2D eigenvalue weighted by Crippen LogP contribution is 2.80. The van der Waals surface area contributed by atoms with Crippen LogP contribution in [0.3, 0.4) is 0 Å². The van der Waals surface area contributed by atoms with Gasteiger partial charge in [-0.2, -0.15) is 0 Å². The summed E-state index contributed by atoms with van der Waals surface area (Å²) < 4.78 is 0. The van der Waals surface area contributed by atoms with E-state index in [0.717, 1.165) is 91.6 Å². The maximum atomic E-state index is 3.15. The predicted molar refractivity (Wildman–Crippen MR) is 209 cm³/mol. The molecule has 0 heterocycles. The van der Waals surface area contributed by atoms with Crippen molar-refractivity contribution in [1.82, 2.24) is 4.90 Å². The Bertz CT molecular complexity index is 974. The number of hydrogen-bond donors (Lipinski definition) is 0. The number of hydrogen-bond acceptors (Lipinski definition) is 1. The molecule has 0 aliphatic heterocycles. The van der Waals surface area contributed by atoms with E-state index in [2.05, 4.69) is 11.8 Å². The number of rotatable bonds is 11. The van der Waals surface area contributed by atoms with Gasteiger partial charge in [-0.3, -0.25) is 0 Å². The number of nitrogens with zero attached hydrogens (tertiary/aromatic N) is 1. The standard InChI is InChI=1S/C46H73NP2/c1-2-47(3-5-48(43-19-31-7-32(20-43)9-33(8-31)21-43)44-22-34-10-35(23-44)12-36(11-34)24-44)4-6-49(45-25-37-13-38(26-45)15-39(14-37)27-45)46-28-40-16-41(29-46)18-42(17-40)30-46/h31-42H,2-30H2,1H3. The van der Waals surface area contributed by atoms with Crippen LogP contribution < -0.4 is 0 Å². The van der Waals surface area contributed by atoms with E-state index in [1.54, 1.807) is 166 Å². The van der Waals surface area contributed by atoms with Crippen LogP contribution >= 0.6 is 15.8 Å². The Labute approximate surface area is 304 Å². The summed E-state index contributed by atoms with van der Waals surface area (Å²) in [7, 11) is 0.291. The summed E-state index contributed by atoms with van der Waals surface area (Å²) in [5, 5.41) is 3.28. The maximum Gasteiger partial charge on any atom is 0.00211 e. The molecule has 0 radical (unpaired) electrons. The highest BCUT2D eigenvalue weighted by Gasteiger charge is 2.64. The molecule has 49 heavy (non-hydrogen) atoms. The van der Waals surface area contributed by atoms with Gasteiger partial charge in [-0.25, -0.2) is 0 Å². The molecule has 0 aromatic rings. The van der Waals surface area contributed by atoms with Gasteiger partial charge in [0.1, 0.15) is 0 Å². The first-order valence-electron chi connectivity index (χ1n) is 23.1. The first kappa shape index (κ1) is 32.1. The lowest BCUT2D eigenvalue weighted by molar-refractivity contribution is 0.0183. The largest absolute Gasteiger partial charge is 0.303 e. The molecule has 16 fully saturated rings. The second kappa shape index (κ2) is 11.4. The van der Waals surface area contributed by atoms with Gasteiger partial charge in [0.25, 0.3) is 0 Å². The summed E-state index contributed by atoms with van der Waals surface area (Å²) in [5.41, 5.74) is 0. The van der Waals surface area contributed by atoms with Crippen molar-refractivity contribution in [2.45, 2.75) is 182 Å². The molecule has 0 aromatic carbocycles. The SMILES string of the molecule is CCN(CCP(C12CC3CC(CC(C3)C1)C2)C12CC3CC(CC(C3)C1)C2)CCP(C12CC3CC(CC(C3)C1)C2)C12CC3CC(CC(C3)C1)C2. The smallest absolute Gasteiger partial charge is 0.00211 e. The molecule has 16 aliphatic rings. The van der Waals surface area contributed by atoms with Crippen LogP contribution in [-0.2, 0) is 0 Å². The Balaban J connectivity index is 0.829. The molecular weight excluding hydrogens is 628 g/mol. The quantitative estimate of drug-likeness (QED) is 0.194. The topological polar surface area (TPSA) is 3.24 Å². The molecule has 0 saturated heterocycles. The fourth-order valence-electron chi connectivity index (χ4n) is 20.4. The minimum atomic E-state index is 0.146. The third kappa shape index (κ3) is 5.10. The van der Waals surface area contributed by atoms with Crippen molar-refractivity contribution >= 4 is 15.8 Å². The third-order valence-electron chi connectivity index (χ3n) is 20.0. The van der Waals surface area contributed by atoms with Crippen LogP contribution in [0.15, 0.2) is 0 Å². The minimum Gasteiger partial charge on any atom is -0.303 e. The molecule has 0 amide bonds. The summed E-state index contributed by atoms with van der Waals surface area (Å²) in [6, 6.07) is 0. The van der Waals surface area contributed by atoms with Crippen molar-refractivity contribution < 1.29 is 0 Å². The molecule has 272 valence electrons. The summed E-state index contributed by atoms with van der Waals surface area (Å²) >= 11 is 0. The lowest BCUT2D eigenvalue weighted by atomic mass is 9.55. The molecule has 0 aromatic heterocycles. The van der Waals surface area contributed by atoms with Crippen LogP contribution in [0.25, 0.3) is 0 Å². The summed E-state index contributed by atoms with van der Waals surface area (Å²) in [6.07, 6.45) is 43.4. The second-order valence-corrected chi connectivity index (χ2v) is 29.7. The fourth-order valence-corrected chi connectivity index (χ4v) is 31.1.